The number of carbonyl (C=O) groups excluding carboxylic acids is 2. The van der Waals surface area contributed by atoms with Crippen molar-refractivity contribution >= 4 is 23.5 Å². The zero-order valence-corrected chi connectivity index (χ0v) is 12.8. The fourth-order valence-electron chi connectivity index (χ4n) is 2.01. The number of hydrogen-bond donors (Lipinski definition) is 0. The SMILES string of the molecule is CC(=CCl)CC1CN(C(=O)OC(C)(C)C)CCC1=O. The number of allylic oxidation sites excluding steroid dienone is 1. The summed E-state index contributed by atoms with van der Waals surface area (Å²) in [7, 11) is 0. The van der Waals surface area contributed by atoms with Crippen LogP contribution < -0.4 is 0 Å². The molecule has 0 saturated carbocycles. The van der Waals surface area contributed by atoms with Crippen molar-refractivity contribution in [3.05, 3.63) is 11.1 Å². The second-order valence-corrected chi connectivity index (χ2v) is 6.22. The molecular formula is C14H22ClNO3. The lowest BCUT2D eigenvalue weighted by molar-refractivity contribution is -0.125. The number of Topliss-reactive ketones (excluding diaryl/α,β-unsaturated/α-hetero) is 1. The van der Waals surface area contributed by atoms with E-state index >= 15 is 0 Å². The molecule has 1 amide bonds. The van der Waals surface area contributed by atoms with Crippen molar-refractivity contribution in [2.45, 2.75) is 46.1 Å². The van der Waals surface area contributed by atoms with Crippen molar-refractivity contribution in [3.8, 4) is 0 Å². The van der Waals surface area contributed by atoms with Crippen LogP contribution in [0.15, 0.2) is 11.1 Å². The van der Waals surface area contributed by atoms with E-state index in [1.54, 1.807) is 4.90 Å². The second-order valence-electron chi connectivity index (χ2n) is 6.00. The summed E-state index contributed by atoms with van der Waals surface area (Å²) in [5.74, 6) is 0.0222. The molecule has 4 nitrogen and oxygen atoms in total. The maximum absolute atomic E-state index is 12.0. The van der Waals surface area contributed by atoms with Gasteiger partial charge in [0.25, 0.3) is 0 Å². The highest BCUT2D eigenvalue weighted by Gasteiger charge is 2.32. The molecule has 1 heterocycles. The minimum absolute atomic E-state index is 0.170. The molecule has 1 saturated heterocycles. The molecular weight excluding hydrogens is 266 g/mol. The Kier molecular flexibility index (Phi) is 5.41. The molecule has 0 radical (unpaired) electrons. The third kappa shape index (κ3) is 5.23. The monoisotopic (exact) mass is 287 g/mol. The fraction of sp³-hybridized carbons (Fsp3) is 0.714. The first-order chi connectivity index (χ1) is 8.73. The Hall–Kier alpha value is -1.03. The van der Waals surface area contributed by atoms with Crippen LogP contribution in [0.2, 0.25) is 0 Å². The van der Waals surface area contributed by atoms with Crippen molar-refractivity contribution in [3.63, 3.8) is 0 Å². The number of rotatable bonds is 2. The molecule has 0 bridgehead atoms. The third-order valence-electron chi connectivity index (χ3n) is 2.93. The molecule has 1 atom stereocenters. The van der Waals surface area contributed by atoms with Gasteiger partial charge in [-0.25, -0.2) is 4.79 Å². The second kappa shape index (κ2) is 6.42. The lowest BCUT2D eigenvalue weighted by Gasteiger charge is -2.33. The van der Waals surface area contributed by atoms with Crippen molar-refractivity contribution < 1.29 is 14.3 Å². The van der Waals surface area contributed by atoms with E-state index in [1.165, 1.54) is 5.54 Å². The van der Waals surface area contributed by atoms with E-state index in [2.05, 4.69) is 0 Å². The van der Waals surface area contributed by atoms with E-state index in [9.17, 15) is 9.59 Å². The van der Waals surface area contributed by atoms with E-state index < -0.39 is 5.60 Å². The maximum atomic E-state index is 12.0. The molecule has 1 fully saturated rings. The van der Waals surface area contributed by atoms with Gasteiger partial charge in [-0.3, -0.25) is 4.79 Å². The number of nitrogens with zero attached hydrogens (tertiary/aromatic N) is 1. The van der Waals surface area contributed by atoms with Gasteiger partial charge in [0.15, 0.2) is 0 Å². The van der Waals surface area contributed by atoms with Crippen LogP contribution in [0.1, 0.15) is 40.5 Å². The molecule has 1 unspecified atom stereocenters. The van der Waals surface area contributed by atoms with Gasteiger partial charge in [-0.1, -0.05) is 17.2 Å². The first-order valence-corrected chi connectivity index (χ1v) is 6.93. The lowest BCUT2D eigenvalue weighted by atomic mass is 9.91. The highest BCUT2D eigenvalue weighted by Crippen LogP contribution is 2.22. The van der Waals surface area contributed by atoms with Gasteiger partial charge in [0.1, 0.15) is 11.4 Å². The summed E-state index contributed by atoms with van der Waals surface area (Å²) in [5.41, 5.74) is 1.92. The van der Waals surface area contributed by atoms with Gasteiger partial charge in [-0.15, -0.1) is 0 Å². The van der Waals surface area contributed by atoms with Gasteiger partial charge < -0.3 is 9.64 Å². The molecule has 108 valence electrons. The number of piperidine rings is 1. The highest BCUT2D eigenvalue weighted by atomic mass is 35.5. The fourth-order valence-corrected chi connectivity index (χ4v) is 2.10. The average molecular weight is 288 g/mol. The Balaban J connectivity index is 2.64. The molecule has 0 spiro atoms. The first kappa shape index (κ1) is 16.0. The average Bonchev–Trinajstić information content (AvgIpc) is 2.29. The van der Waals surface area contributed by atoms with Crippen LogP contribution in [-0.2, 0) is 9.53 Å². The van der Waals surface area contributed by atoms with Gasteiger partial charge in [0, 0.05) is 31.0 Å². The number of halogens is 1. The molecule has 1 rings (SSSR count). The number of ketones is 1. The van der Waals surface area contributed by atoms with E-state index in [0.29, 0.717) is 25.9 Å². The van der Waals surface area contributed by atoms with Gasteiger partial charge in [0.2, 0.25) is 0 Å². The Morgan fingerprint density at radius 3 is 2.68 bits per heavy atom. The van der Waals surface area contributed by atoms with Crippen LogP contribution in [-0.4, -0.2) is 35.5 Å². The first-order valence-electron chi connectivity index (χ1n) is 6.49. The molecule has 0 aromatic heterocycles. The van der Waals surface area contributed by atoms with Crippen LogP contribution in [0, 0.1) is 5.92 Å². The van der Waals surface area contributed by atoms with Crippen molar-refractivity contribution in [2.24, 2.45) is 5.92 Å². The number of amides is 1. The molecule has 1 aliphatic rings. The minimum Gasteiger partial charge on any atom is -0.444 e. The smallest absolute Gasteiger partial charge is 0.410 e. The Bertz CT molecular complexity index is 385. The van der Waals surface area contributed by atoms with Crippen LogP contribution in [0.4, 0.5) is 4.79 Å². The van der Waals surface area contributed by atoms with Gasteiger partial charge in [-0.05, 0) is 34.1 Å². The van der Waals surface area contributed by atoms with E-state index in [1.807, 2.05) is 27.7 Å². The largest absolute Gasteiger partial charge is 0.444 e. The lowest BCUT2D eigenvalue weighted by Crippen LogP contribution is -2.46. The number of ether oxygens (including phenoxy) is 1. The summed E-state index contributed by atoms with van der Waals surface area (Å²) in [5, 5.41) is 0. The van der Waals surface area contributed by atoms with Gasteiger partial charge >= 0.3 is 6.09 Å². The van der Waals surface area contributed by atoms with Crippen LogP contribution in [0.25, 0.3) is 0 Å². The van der Waals surface area contributed by atoms with Crippen molar-refractivity contribution in [2.75, 3.05) is 13.1 Å². The van der Waals surface area contributed by atoms with Crippen molar-refractivity contribution in [1.82, 2.24) is 4.90 Å². The molecule has 0 aliphatic carbocycles. The summed E-state index contributed by atoms with van der Waals surface area (Å²) in [6.07, 6.45) is 0.638. The standard InChI is InChI=1S/C14H22ClNO3/c1-10(8-15)7-11-9-16(6-5-12(11)17)13(18)19-14(2,3)4/h8,11H,5-7,9H2,1-4H3. The van der Waals surface area contributed by atoms with Gasteiger partial charge in [0.05, 0.1) is 0 Å². The van der Waals surface area contributed by atoms with E-state index in [4.69, 9.17) is 16.3 Å². The summed E-state index contributed by atoms with van der Waals surface area (Å²) in [6.45, 7) is 8.23. The topological polar surface area (TPSA) is 46.6 Å². The quantitative estimate of drug-likeness (QED) is 0.782. The van der Waals surface area contributed by atoms with Gasteiger partial charge in [-0.2, -0.15) is 0 Å². The van der Waals surface area contributed by atoms with E-state index in [0.717, 1.165) is 5.57 Å². The normalized spacial score (nSPS) is 21.5. The highest BCUT2D eigenvalue weighted by molar-refractivity contribution is 6.25. The number of hydrogen-bond acceptors (Lipinski definition) is 3. The predicted octanol–water partition coefficient (Wildman–Crippen LogP) is 3.35. The summed E-state index contributed by atoms with van der Waals surface area (Å²) in [4.78, 5) is 25.4. The summed E-state index contributed by atoms with van der Waals surface area (Å²) < 4.78 is 5.33. The zero-order chi connectivity index (χ0) is 14.6. The molecule has 0 aromatic carbocycles. The molecule has 0 aromatic rings. The summed E-state index contributed by atoms with van der Waals surface area (Å²) in [6, 6.07) is 0. The van der Waals surface area contributed by atoms with Crippen LogP contribution in [0.5, 0.6) is 0 Å². The Labute approximate surface area is 119 Å². The maximum Gasteiger partial charge on any atom is 0.410 e. The molecule has 19 heavy (non-hydrogen) atoms. The molecule has 5 heteroatoms. The zero-order valence-electron chi connectivity index (χ0n) is 12.0. The number of likely N-dealkylation sites (tertiary alicyclic amines) is 1. The Morgan fingerprint density at radius 1 is 1.53 bits per heavy atom. The third-order valence-corrected chi connectivity index (χ3v) is 3.30. The Morgan fingerprint density at radius 2 is 2.16 bits per heavy atom. The predicted molar refractivity (Wildman–Crippen MR) is 75.1 cm³/mol. The molecule has 0 N–H and O–H groups in total. The van der Waals surface area contributed by atoms with Crippen LogP contribution in [0.3, 0.4) is 0 Å². The summed E-state index contributed by atoms with van der Waals surface area (Å²) >= 11 is 5.63. The molecule has 1 aliphatic heterocycles. The van der Waals surface area contributed by atoms with E-state index in [-0.39, 0.29) is 17.8 Å². The van der Waals surface area contributed by atoms with Crippen molar-refractivity contribution in [1.29, 1.82) is 0 Å². The number of carbonyl (C=O) groups is 2. The van der Waals surface area contributed by atoms with Crippen LogP contribution >= 0.6 is 11.6 Å². The minimum atomic E-state index is -0.514.